The standard InChI is InChI=1S/C31H25ClN2O8S/c1-3-5-21-26(30(38)39-4-2)27(16-7-10-23-24(13-16)41-15-40-23)34-28(35)25(43-31(34)33-21)14-18-8-11-22(42-18)19-12-17(29(36)37)6-9-20(19)32/h6-14,27H,3-5,15H2,1-2H3,(H,36,37)/b25-14-/t27-/m1/s1. The quantitative estimate of drug-likeness (QED) is 0.275. The van der Waals surface area contributed by atoms with Crippen LogP contribution in [0.4, 0.5) is 0 Å². The lowest BCUT2D eigenvalue weighted by atomic mass is 9.94. The number of carbonyl (C=O) groups is 2. The third-order valence-corrected chi connectivity index (χ3v) is 8.30. The monoisotopic (exact) mass is 620 g/mol. The van der Waals surface area contributed by atoms with E-state index in [4.69, 9.17) is 35.2 Å². The number of aromatic nitrogens is 1. The lowest BCUT2D eigenvalue weighted by Gasteiger charge is -2.25. The van der Waals surface area contributed by atoms with Crippen LogP contribution in [0.3, 0.4) is 0 Å². The number of ether oxygens (including phenoxy) is 3. The Morgan fingerprint density at radius 2 is 1.95 bits per heavy atom. The predicted molar refractivity (Wildman–Crippen MR) is 158 cm³/mol. The van der Waals surface area contributed by atoms with Gasteiger partial charge in [0.15, 0.2) is 16.3 Å². The number of esters is 1. The van der Waals surface area contributed by atoms with Gasteiger partial charge >= 0.3 is 11.9 Å². The molecule has 12 heteroatoms. The summed E-state index contributed by atoms with van der Waals surface area (Å²) in [5, 5.41) is 9.70. The summed E-state index contributed by atoms with van der Waals surface area (Å²) in [6.07, 6.45) is 2.83. The van der Waals surface area contributed by atoms with Crippen LogP contribution in [0.1, 0.15) is 54.4 Å². The molecule has 1 atom stereocenters. The number of aromatic carboxylic acids is 1. The van der Waals surface area contributed by atoms with Gasteiger partial charge in [0, 0.05) is 11.6 Å². The molecule has 0 amide bonds. The maximum absolute atomic E-state index is 14.0. The summed E-state index contributed by atoms with van der Waals surface area (Å²) in [6, 6.07) is 12.2. The van der Waals surface area contributed by atoms with Crippen molar-refractivity contribution in [3.8, 4) is 22.8 Å². The fourth-order valence-electron chi connectivity index (χ4n) is 5.07. The van der Waals surface area contributed by atoms with Gasteiger partial charge in [-0.25, -0.2) is 14.6 Å². The van der Waals surface area contributed by atoms with Crippen LogP contribution < -0.4 is 24.4 Å². The molecule has 0 unspecified atom stereocenters. The van der Waals surface area contributed by atoms with Gasteiger partial charge in [0.1, 0.15) is 11.5 Å². The van der Waals surface area contributed by atoms with Crippen molar-refractivity contribution in [1.29, 1.82) is 0 Å². The van der Waals surface area contributed by atoms with E-state index in [-0.39, 0.29) is 24.5 Å². The van der Waals surface area contributed by atoms with Crippen LogP contribution in [0.15, 0.2) is 74.0 Å². The van der Waals surface area contributed by atoms with Crippen LogP contribution in [0.25, 0.3) is 17.4 Å². The number of rotatable bonds is 8. The first kappa shape index (κ1) is 28.5. The van der Waals surface area contributed by atoms with Crippen LogP contribution in [0.2, 0.25) is 5.02 Å². The average molecular weight is 621 g/mol. The molecule has 1 N–H and O–H groups in total. The molecule has 0 saturated heterocycles. The Morgan fingerprint density at radius 3 is 2.72 bits per heavy atom. The summed E-state index contributed by atoms with van der Waals surface area (Å²) < 4.78 is 24.3. The van der Waals surface area contributed by atoms with E-state index in [2.05, 4.69) is 0 Å². The van der Waals surface area contributed by atoms with E-state index in [1.807, 2.05) is 6.92 Å². The van der Waals surface area contributed by atoms with Crippen molar-refractivity contribution in [2.45, 2.75) is 32.7 Å². The summed E-state index contributed by atoms with van der Waals surface area (Å²) in [6.45, 7) is 3.97. The molecule has 0 bridgehead atoms. The SMILES string of the molecule is CCCC1=C(C(=O)OCC)[C@@H](c2ccc3c(c2)OCO3)n2c(s/c(=C\c3ccc(-c4cc(C(=O)O)ccc4Cl)o3)c2=O)=N1. The van der Waals surface area contributed by atoms with E-state index in [0.717, 1.165) is 6.42 Å². The van der Waals surface area contributed by atoms with E-state index >= 15 is 0 Å². The molecule has 2 aromatic heterocycles. The molecule has 0 saturated carbocycles. The van der Waals surface area contributed by atoms with Gasteiger partial charge in [0.25, 0.3) is 5.56 Å². The van der Waals surface area contributed by atoms with Crippen LogP contribution in [-0.4, -0.2) is 35.0 Å². The first-order valence-corrected chi connectivity index (χ1v) is 14.7. The van der Waals surface area contributed by atoms with Gasteiger partial charge in [-0.05, 0) is 61.4 Å². The number of furan rings is 1. The number of halogens is 1. The van der Waals surface area contributed by atoms with Crippen LogP contribution in [-0.2, 0) is 9.53 Å². The molecule has 43 heavy (non-hydrogen) atoms. The Labute approximate surface area is 253 Å². The van der Waals surface area contributed by atoms with E-state index in [1.54, 1.807) is 43.3 Å². The highest BCUT2D eigenvalue weighted by Gasteiger charge is 2.35. The number of thiazole rings is 1. The minimum atomic E-state index is -1.09. The number of benzene rings is 2. The molecular weight excluding hydrogens is 596 g/mol. The van der Waals surface area contributed by atoms with Crippen LogP contribution in [0.5, 0.6) is 11.5 Å². The number of allylic oxidation sites excluding steroid dienone is 1. The fourth-order valence-corrected chi connectivity index (χ4v) is 6.28. The van der Waals surface area contributed by atoms with Crippen molar-refractivity contribution in [3.63, 3.8) is 0 Å². The number of fused-ring (bicyclic) bond motifs is 2. The number of carboxylic acid groups (broad SMARTS) is 1. The highest BCUT2D eigenvalue weighted by atomic mass is 35.5. The third kappa shape index (κ3) is 5.26. The minimum Gasteiger partial charge on any atom is -0.478 e. The first-order chi connectivity index (χ1) is 20.8. The summed E-state index contributed by atoms with van der Waals surface area (Å²) >= 11 is 7.50. The topological polar surface area (TPSA) is 130 Å². The molecule has 4 heterocycles. The van der Waals surface area contributed by atoms with Crippen molar-refractivity contribution in [1.82, 2.24) is 4.57 Å². The Balaban J connectivity index is 1.49. The van der Waals surface area contributed by atoms with Gasteiger partial charge in [0.05, 0.1) is 39.0 Å². The molecule has 6 rings (SSSR count). The zero-order valence-electron chi connectivity index (χ0n) is 23.1. The summed E-state index contributed by atoms with van der Waals surface area (Å²) in [4.78, 5) is 44.0. The van der Waals surface area contributed by atoms with Crippen molar-refractivity contribution < 1.29 is 33.3 Å². The molecule has 2 aliphatic rings. The maximum Gasteiger partial charge on any atom is 0.338 e. The zero-order valence-corrected chi connectivity index (χ0v) is 24.7. The summed E-state index contributed by atoms with van der Waals surface area (Å²) in [5.41, 5.74) is 1.62. The van der Waals surface area contributed by atoms with Gasteiger partial charge in [0.2, 0.25) is 6.79 Å². The molecule has 0 spiro atoms. The Morgan fingerprint density at radius 1 is 1.14 bits per heavy atom. The minimum absolute atomic E-state index is 0.0643. The van der Waals surface area contributed by atoms with Crippen molar-refractivity contribution in [2.75, 3.05) is 13.4 Å². The molecule has 4 aromatic rings. The highest BCUT2D eigenvalue weighted by molar-refractivity contribution is 7.07. The van der Waals surface area contributed by atoms with E-state index in [9.17, 15) is 19.5 Å². The van der Waals surface area contributed by atoms with Crippen molar-refractivity contribution >= 4 is 41.0 Å². The first-order valence-electron chi connectivity index (χ1n) is 13.5. The largest absolute Gasteiger partial charge is 0.478 e. The number of hydrogen-bond donors (Lipinski definition) is 1. The average Bonchev–Trinajstić information content (AvgIpc) is 3.72. The zero-order chi connectivity index (χ0) is 30.2. The smallest absolute Gasteiger partial charge is 0.338 e. The number of carboxylic acids is 1. The fraction of sp³-hybridized carbons (Fsp3) is 0.226. The highest BCUT2D eigenvalue weighted by Crippen LogP contribution is 2.39. The summed E-state index contributed by atoms with van der Waals surface area (Å²) in [7, 11) is 0. The van der Waals surface area contributed by atoms with Gasteiger partial charge < -0.3 is 23.7 Å². The normalized spacial score (nSPS) is 15.8. The molecule has 220 valence electrons. The van der Waals surface area contributed by atoms with Gasteiger partial charge in [-0.3, -0.25) is 9.36 Å². The molecule has 0 radical (unpaired) electrons. The number of nitrogens with zero attached hydrogens (tertiary/aromatic N) is 2. The number of carbonyl (C=O) groups excluding carboxylic acids is 1. The Kier molecular flexibility index (Phi) is 7.68. The molecule has 0 fully saturated rings. The van der Waals surface area contributed by atoms with Gasteiger partial charge in [-0.2, -0.15) is 0 Å². The van der Waals surface area contributed by atoms with E-state index < -0.39 is 18.0 Å². The molecule has 2 aromatic carbocycles. The molecule has 10 nitrogen and oxygen atoms in total. The van der Waals surface area contributed by atoms with Gasteiger partial charge in [-0.15, -0.1) is 0 Å². The molecule has 0 aliphatic carbocycles. The van der Waals surface area contributed by atoms with Crippen molar-refractivity contribution in [2.24, 2.45) is 4.99 Å². The van der Waals surface area contributed by atoms with E-state index in [1.165, 1.54) is 34.1 Å². The lowest BCUT2D eigenvalue weighted by molar-refractivity contribution is -0.139. The predicted octanol–water partition coefficient (Wildman–Crippen LogP) is 4.92. The second-order valence-corrected chi connectivity index (χ2v) is 11.1. The van der Waals surface area contributed by atoms with Crippen molar-refractivity contribution in [3.05, 3.63) is 101 Å². The molecular formula is C31H25ClN2O8S. The van der Waals surface area contributed by atoms with Crippen LogP contribution in [0, 0.1) is 0 Å². The number of hydrogen-bond acceptors (Lipinski definition) is 9. The lowest BCUT2D eigenvalue weighted by Crippen LogP contribution is -2.40. The Hall–Kier alpha value is -4.61. The second-order valence-electron chi connectivity index (χ2n) is 9.73. The summed E-state index contributed by atoms with van der Waals surface area (Å²) in [5.74, 6) is 0.172. The van der Waals surface area contributed by atoms with Crippen LogP contribution >= 0.6 is 22.9 Å². The Bertz CT molecular complexity index is 1990. The molecule has 2 aliphatic heterocycles. The maximum atomic E-state index is 14.0. The third-order valence-electron chi connectivity index (χ3n) is 6.98. The second kappa shape index (κ2) is 11.6. The van der Waals surface area contributed by atoms with Gasteiger partial charge in [-0.1, -0.05) is 42.3 Å². The van der Waals surface area contributed by atoms with E-state index in [0.29, 0.717) is 66.2 Å².